The lowest BCUT2D eigenvalue weighted by atomic mass is 10.1. The van der Waals surface area contributed by atoms with Crippen LogP contribution in [0.5, 0.6) is 5.75 Å². The minimum Gasteiger partial charge on any atom is -0.482 e. The van der Waals surface area contributed by atoms with Crippen LogP contribution in [0.3, 0.4) is 0 Å². The fourth-order valence-corrected chi connectivity index (χ4v) is 4.14. The number of aromatic nitrogens is 3. The Kier molecular flexibility index (Phi) is 8.70. The predicted octanol–water partition coefficient (Wildman–Crippen LogP) is 4.96. The monoisotopic (exact) mass is 482 g/mol. The van der Waals surface area contributed by atoms with Crippen molar-refractivity contribution in [1.29, 1.82) is 0 Å². The van der Waals surface area contributed by atoms with E-state index in [2.05, 4.69) is 28.5 Å². The van der Waals surface area contributed by atoms with E-state index in [9.17, 15) is 9.59 Å². The summed E-state index contributed by atoms with van der Waals surface area (Å²) in [4.78, 5) is 24.2. The van der Waals surface area contributed by atoms with Gasteiger partial charge in [0.2, 0.25) is 5.91 Å². The molecule has 0 radical (unpaired) electrons. The van der Waals surface area contributed by atoms with Gasteiger partial charge in [0.15, 0.2) is 17.1 Å². The van der Waals surface area contributed by atoms with Gasteiger partial charge in [0.25, 0.3) is 0 Å². The van der Waals surface area contributed by atoms with Crippen molar-refractivity contribution in [1.82, 2.24) is 14.8 Å². The van der Waals surface area contributed by atoms with Crippen LogP contribution in [0.25, 0.3) is 0 Å². The highest BCUT2D eigenvalue weighted by molar-refractivity contribution is 7.99. The van der Waals surface area contributed by atoms with E-state index in [0.717, 1.165) is 11.3 Å². The first kappa shape index (κ1) is 25.3. The number of amides is 1. The fraction of sp³-hybridized carbons (Fsp3) is 0.360. The molecular formula is C25H30N4O4S. The normalized spacial score (nSPS) is 11.7. The molecule has 2 aromatic carbocycles. The van der Waals surface area contributed by atoms with Crippen molar-refractivity contribution >= 4 is 29.3 Å². The number of ether oxygens (including phenoxy) is 2. The standard InChI is InChI=1S/C25H30N4O4S/c1-6-29-23(18(5)33-21-10-8-9-16(3)17(21)4)27-28-25(29)34-15-22(30)26-20-13-11-19(12-14-20)24(31)32-7-2/h8-14,18H,6-7,15H2,1-5H3,(H,26,30). The number of hydrogen-bond acceptors (Lipinski definition) is 7. The van der Waals surface area contributed by atoms with Crippen LogP contribution in [-0.4, -0.2) is 39.0 Å². The van der Waals surface area contributed by atoms with E-state index in [-0.39, 0.29) is 23.7 Å². The van der Waals surface area contributed by atoms with Crippen LogP contribution in [-0.2, 0) is 16.1 Å². The van der Waals surface area contributed by atoms with Crippen molar-refractivity contribution in [3.05, 3.63) is 65.0 Å². The second kappa shape index (κ2) is 11.7. The van der Waals surface area contributed by atoms with E-state index in [1.165, 1.54) is 17.3 Å². The maximum Gasteiger partial charge on any atom is 0.338 e. The van der Waals surface area contributed by atoms with Crippen molar-refractivity contribution < 1.29 is 19.1 Å². The molecule has 1 unspecified atom stereocenters. The number of anilines is 1. The molecular weight excluding hydrogens is 452 g/mol. The summed E-state index contributed by atoms with van der Waals surface area (Å²) in [5, 5.41) is 12.1. The van der Waals surface area contributed by atoms with Gasteiger partial charge in [0.1, 0.15) is 5.75 Å². The molecule has 1 heterocycles. The molecule has 3 aromatic rings. The van der Waals surface area contributed by atoms with Crippen LogP contribution in [0, 0.1) is 13.8 Å². The molecule has 1 atom stereocenters. The average molecular weight is 483 g/mol. The first-order chi connectivity index (χ1) is 16.3. The van der Waals surface area contributed by atoms with Gasteiger partial charge in [-0.2, -0.15) is 0 Å². The van der Waals surface area contributed by atoms with E-state index < -0.39 is 0 Å². The van der Waals surface area contributed by atoms with E-state index in [0.29, 0.717) is 35.4 Å². The summed E-state index contributed by atoms with van der Waals surface area (Å²) in [6.45, 7) is 10.8. The lowest BCUT2D eigenvalue weighted by Crippen LogP contribution is -2.15. The molecule has 1 aromatic heterocycles. The number of carbonyl (C=O) groups excluding carboxylic acids is 2. The summed E-state index contributed by atoms with van der Waals surface area (Å²) in [7, 11) is 0. The number of carbonyl (C=O) groups is 2. The number of thioether (sulfide) groups is 1. The second-order valence-corrected chi connectivity index (χ2v) is 8.62. The summed E-state index contributed by atoms with van der Waals surface area (Å²) in [5.74, 6) is 1.13. The van der Waals surface area contributed by atoms with Gasteiger partial charge in [0, 0.05) is 12.2 Å². The van der Waals surface area contributed by atoms with Gasteiger partial charge in [-0.15, -0.1) is 10.2 Å². The van der Waals surface area contributed by atoms with Crippen LogP contribution < -0.4 is 10.1 Å². The summed E-state index contributed by atoms with van der Waals surface area (Å²) >= 11 is 1.31. The minimum atomic E-state index is -0.388. The molecule has 8 nitrogen and oxygen atoms in total. The van der Waals surface area contributed by atoms with Gasteiger partial charge < -0.3 is 19.4 Å². The van der Waals surface area contributed by atoms with E-state index in [1.807, 2.05) is 37.5 Å². The molecule has 3 rings (SSSR count). The van der Waals surface area contributed by atoms with E-state index >= 15 is 0 Å². The van der Waals surface area contributed by atoms with Gasteiger partial charge >= 0.3 is 5.97 Å². The molecule has 9 heteroatoms. The smallest absolute Gasteiger partial charge is 0.338 e. The van der Waals surface area contributed by atoms with Gasteiger partial charge in [-0.05, 0) is 76.1 Å². The highest BCUT2D eigenvalue weighted by atomic mass is 32.2. The predicted molar refractivity (Wildman–Crippen MR) is 132 cm³/mol. The molecule has 0 bridgehead atoms. The van der Waals surface area contributed by atoms with Gasteiger partial charge in [-0.3, -0.25) is 4.79 Å². The highest BCUT2D eigenvalue weighted by Gasteiger charge is 2.20. The van der Waals surface area contributed by atoms with E-state index in [4.69, 9.17) is 9.47 Å². The lowest BCUT2D eigenvalue weighted by molar-refractivity contribution is -0.113. The number of aryl methyl sites for hydroxylation is 1. The molecule has 180 valence electrons. The highest BCUT2D eigenvalue weighted by Crippen LogP contribution is 2.28. The molecule has 0 aliphatic carbocycles. The first-order valence-electron chi connectivity index (χ1n) is 11.2. The van der Waals surface area contributed by atoms with Crippen LogP contribution >= 0.6 is 11.8 Å². The molecule has 1 N–H and O–H groups in total. The van der Waals surface area contributed by atoms with Crippen molar-refractivity contribution in [2.24, 2.45) is 0 Å². The summed E-state index contributed by atoms with van der Waals surface area (Å²) in [6.07, 6.45) is -0.297. The zero-order valence-corrected chi connectivity index (χ0v) is 20.9. The number of nitrogens with zero attached hydrogens (tertiary/aromatic N) is 3. The lowest BCUT2D eigenvalue weighted by Gasteiger charge is -2.17. The van der Waals surface area contributed by atoms with Crippen molar-refractivity contribution in [2.75, 3.05) is 17.7 Å². The summed E-state index contributed by atoms with van der Waals surface area (Å²) < 4.78 is 13.1. The fourth-order valence-electron chi connectivity index (χ4n) is 3.33. The molecule has 0 fully saturated rings. The largest absolute Gasteiger partial charge is 0.482 e. The molecule has 0 saturated carbocycles. The van der Waals surface area contributed by atoms with Gasteiger partial charge in [0.05, 0.1) is 17.9 Å². The molecule has 1 amide bonds. The maximum absolute atomic E-state index is 12.5. The Hall–Kier alpha value is -3.33. The van der Waals surface area contributed by atoms with Crippen molar-refractivity contribution in [3.8, 4) is 5.75 Å². The van der Waals surface area contributed by atoms with Crippen LogP contribution in [0.2, 0.25) is 0 Å². The van der Waals surface area contributed by atoms with Crippen molar-refractivity contribution in [3.63, 3.8) is 0 Å². The number of esters is 1. The Balaban J connectivity index is 1.60. The Labute approximate surface area is 204 Å². The molecule has 34 heavy (non-hydrogen) atoms. The van der Waals surface area contributed by atoms with Crippen LogP contribution in [0.15, 0.2) is 47.6 Å². The number of nitrogens with one attached hydrogen (secondary N) is 1. The number of hydrogen-bond donors (Lipinski definition) is 1. The topological polar surface area (TPSA) is 95.3 Å². The number of benzene rings is 2. The third-order valence-electron chi connectivity index (χ3n) is 5.30. The molecule has 0 aliphatic heterocycles. The Morgan fingerprint density at radius 3 is 2.50 bits per heavy atom. The average Bonchev–Trinajstić information content (AvgIpc) is 3.24. The third kappa shape index (κ3) is 6.17. The Morgan fingerprint density at radius 1 is 1.09 bits per heavy atom. The third-order valence-corrected chi connectivity index (χ3v) is 6.26. The Bertz CT molecular complexity index is 1140. The minimum absolute atomic E-state index is 0.171. The zero-order valence-electron chi connectivity index (χ0n) is 20.1. The molecule has 0 saturated heterocycles. The van der Waals surface area contributed by atoms with Crippen LogP contribution in [0.4, 0.5) is 5.69 Å². The second-order valence-electron chi connectivity index (χ2n) is 7.68. The van der Waals surface area contributed by atoms with Crippen LogP contribution in [0.1, 0.15) is 54.2 Å². The number of rotatable bonds is 10. The SMILES string of the molecule is CCOC(=O)c1ccc(NC(=O)CSc2nnc(C(C)Oc3cccc(C)c3C)n2CC)cc1. The summed E-state index contributed by atoms with van der Waals surface area (Å²) in [6, 6.07) is 12.6. The van der Waals surface area contributed by atoms with Crippen molar-refractivity contribution in [2.45, 2.75) is 52.4 Å². The quantitative estimate of drug-likeness (QED) is 0.322. The van der Waals surface area contributed by atoms with E-state index in [1.54, 1.807) is 31.2 Å². The summed E-state index contributed by atoms with van der Waals surface area (Å²) in [5.41, 5.74) is 3.31. The maximum atomic E-state index is 12.5. The molecule has 0 aliphatic rings. The van der Waals surface area contributed by atoms with Gasteiger partial charge in [-0.25, -0.2) is 4.79 Å². The first-order valence-corrected chi connectivity index (χ1v) is 12.2. The Morgan fingerprint density at radius 2 is 1.82 bits per heavy atom. The van der Waals surface area contributed by atoms with Gasteiger partial charge in [-0.1, -0.05) is 23.9 Å². The molecule has 0 spiro atoms. The zero-order chi connectivity index (χ0) is 24.7.